The molecule has 3 aliphatic rings. The van der Waals surface area contributed by atoms with Gasteiger partial charge < -0.3 is 4.57 Å². The molecule has 1 aliphatic heterocycles. The molecule has 0 spiro atoms. The summed E-state index contributed by atoms with van der Waals surface area (Å²) in [6.07, 6.45) is 10.8. The Morgan fingerprint density at radius 1 is 1.17 bits per heavy atom. The van der Waals surface area contributed by atoms with E-state index in [1.165, 1.54) is 56.3 Å². The average Bonchev–Trinajstić information content (AvgIpc) is 3.00. The predicted molar refractivity (Wildman–Crippen MR) is 86.2 cm³/mol. The van der Waals surface area contributed by atoms with E-state index in [1.807, 2.05) is 0 Å². The first kappa shape index (κ1) is 13.7. The van der Waals surface area contributed by atoms with Gasteiger partial charge in [-0.15, -0.1) is 0 Å². The number of H-pyrrole nitrogens is 1. The van der Waals surface area contributed by atoms with E-state index in [0.29, 0.717) is 12.0 Å². The number of likely N-dealkylation sites (tertiary alicyclic amines) is 1. The summed E-state index contributed by atoms with van der Waals surface area (Å²) in [4.78, 5) is 11.8. The van der Waals surface area contributed by atoms with Gasteiger partial charge in [-0.3, -0.25) is 10.00 Å². The first-order chi connectivity index (χ1) is 11.4. The highest BCUT2D eigenvalue weighted by Crippen LogP contribution is 2.37. The number of fused-ring (bicyclic) bond motifs is 1. The molecule has 2 aliphatic carbocycles. The third-order valence-electron chi connectivity index (χ3n) is 5.57. The van der Waals surface area contributed by atoms with Crippen LogP contribution in [0.25, 0.3) is 0 Å². The molecule has 2 aromatic rings. The smallest absolute Gasteiger partial charge is 0.153 e. The van der Waals surface area contributed by atoms with Crippen molar-refractivity contribution in [3.63, 3.8) is 0 Å². The monoisotopic (exact) mass is 312 g/mol. The van der Waals surface area contributed by atoms with E-state index in [-0.39, 0.29) is 0 Å². The highest BCUT2D eigenvalue weighted by Gasteiger charge is 2.30. The SMILES string of the molecule is c1nc2c(n1[C@@H]1CCN(Cc3nc(C4CC4)n[nH]3)C1)CCCC2. The first-order valence-electron chi connectivity index (χ1n) is 9.05. The zero-order valence-corrected chi connectivity index (χ0v) is 13.5. The number of aromatic nitrogens is 5. The standard InChI is InChI=1S/C17H24N6/c1-2-4-15-14(3-1)18-11-23(15)13-7-8-22(9-13)10-16-19-17(21-20-16)12-5-6-12/h11-13H,1-10H2,(H,19,20,21)/t13-/m1/s1. The fraction of sp³-hybridized carbons (Fsp3) is 0.706. The van der Waals surface area contributed by atoms with E-state index in [0.717, 1.165) is 31.3 Å². The minimum atomic E-state index is 0.579. The molecule has 0 unspecified atom stereocenters. The number of imidazole rings is 1. The molecule has 0 bridgehead atoms. The van der Waals surface area contributed by atoms with Gasteiger partial charge in [-0.2, -0.15) is 5.10 Å². The molecule has 1 atom stereocenters. The van der Waals surface area contributed by atoms with Gasteiger partial charge in [0.1, 0.15) is 5.82 Å². The zero-order chi connectivity index (χ0) is 15.2. The van der Waals surface area contributed by atoms with Crippen LogP contribution in [0.2, 0.25) is 0 Å². The molecule has 2 fully saturated rings. The maximum absolute atomic E-state index is 4.67. The Morgan fingerprint density at radius 2 is 2.09 bits per heavy atom. The topological polar surface area (TPSA) is 62.6 Å². The lowest BCUT2D eigenvalue weighted by molar-refractivity contribution is 0.307. The summed E-state index contributed by atoms with van der Waals surface area (Å²) in [5, 5.41) is 7.50. The Hall–Kier alpha value is -1.69. The molecule has 3 heterocycles. The van der Waals surface area contributed by atoms with E-state index in [2.05, 4.69) is 36.0 Å². The summed E-state index contributed by atoms with van der Waals surface area (Å²) in [6, 6.07) is 0.579. The molecule has 6 heteroatoms. The van der Waals surface area contributed by atoms with Gasteiger partial charge in [0.25, 0.3) is 0 Å². The minimum Gasteiger partial charge on any atom is -0.330 e. The maximum atomic E-state index is 4.67. The average molecular weight is 312 g/mol. The van der Waals surface area contributed by atoms with Crippen LogP contribution in [0, 0.1) is 0 Å². The van der Waals surface area contributed by atoms with Crippen LogP contribution in [0.1, 0.15) is 67.1 Å². The predicted octanol–water partition coefficient (Wildman–Crippen LogP) is 2.20. The highest BCUT2D eigenvalue weighted by atomic mass is 15.3. The Morgan fingerprint density at radius 3 is 3.00 bits per heavy atom. The van der Waals surface area contributed by atoms with Crippen LogP contribution >= 0.6 is 0 Å². The van der Waals surface area contributed by atoms with E-state index in [4.69, 9.17) is 0 Å². The van der Waals surface area contributed by atoms with Gasteiger partial charge in [0.05, 0.1) is 18.6 Å². The number of rotatable bonds is 4. The number of hydrogen-bond donors (Lipinski definition) is 1. The van der Waals surface area contributed by atoms with Crippen LogP contribution in [-0.2, 0) is 19.4 Å². The van der Waals surface area contributed by atoms with Crippen LogP contribution in [0.3, 0.4) is 0 Å². The van der Waals surface area contributed by atoms with Crippen molar-refractivity contribution in [3.05, 3.63) is 29.4 Å². The molecule has 0 radical (unpaired) electrons. The molecule has 1 N–H and O–H groups in total. The molecule has 0 aromatic carbocycles. The third-order valence-corrected chi connectivity index (χ3v) is 5.57. The molecular weight excluding hydrogens is 288 g/mol. The van der Waals surface area contributed by atoms with Crippen molar-refractivity contribution in [1.82, 2.24) is 29.6 Å². The van der Waals surface area contributed by atoms with Crippen molar-refractivity contribution in [2.75, 3.05) is 13.1 Å². The van der Waals surface area contributed by atoms with Gasteiger partial charge >= 0.3 is 0 Å². The Bertz CT molecular complexity index is 698. The lowest BCUT2D eigenvalue weighted by Crippen LogP contribution is -2.22. The Labute approximate surface area is 136 Å². The summed E-state index contributed by atoms with van der Waals surface area (Å²) in [5.74, 6) is 2.68. The lowest BCUT2D eigenvalue weighted by Gasteiger charge is -2.19. The van der Waals surface area contributed by atoms with Gasteiger partial charge in [-0.1, -0.05) is 0 Å². The summed E-state index contributed by atoms with van der Waals surface area (Å²) < 4.78 is 2.46. The molecule has 6 nitrogen and oxygen atoms in total. The van der Waals surface area contributed by atoms with Crippen molar-refractivity contribution in [2.24, 2.45) is 0 Å². The van der Waals surface area contributed by atoms with Gasteiger partial charge in [-0.25, -0.2) is 9.97 Å². The largest absolute Gasteiger partial charge is 0.330 e. The van der Waals surface area contributed by atoms with Crippen LogP contribution in [0.15, 0.2) is 6.33 Å². The van der Waals surface area contributed by atoms with Crippen LogP contribution < -0.4 is 0 Å². The molecule has 23 heavy (non-hydrogen) atoms. The summed E-state index contributed by atoms with van der Waals surface area (Å²) >= 11 is 0. The van der Waals surface area contributed by atoms with Crippen molar-refractivity contribution in [1.29, 1.82) is 0 Å². The van der Waals surface area contributed by atoms with Crippen LogP contribution in [-0.4, -0.2) is 42.7 Å². The number of hydrogen-bond acceptors (Lipinski definition) is 4. The molecular formula is C17H24N6. The molecule has 1 saturated heterocycles. The lowest BCUT2D eigenvalue weighted by atomic mass is 10.0. The van der Waals surface area contributed by atoms with Crippen molar-refractivity contribution < 1.29 is 0 Å². The number of aryl methyl sites for hydroxylation is 1. The summed E-state index contributed by atoms with van der Waals surface area (Å²) in [5.41, 5.74) is 2.85. The molecule has 122 valence electrons. The fourth-order valence-corrected chi connectivity index (χ4v) is 4.11. The summed E-state index contributed by atoms with van der Waals surface area (Å²) in [7, 11) is 0. The van der Waals surface area contributed by atoms with Crippen molar-refractivity contribution in [2.45, 2.75) is 63.5 Å². The Kier molecular flexibility index (Phi) is 3.25. The first-order valence-corrected chi connectivity index (χ1v) is 9.05. The molecule has 1 saturated carbocycles. The number of nitrogens with zero attached hydrogens (tertiary/aromatic N) is 5. The van der Waals surface area contributed by atoms with Gasteiger partial charge in [0.15, 0.2) is 5.82 Å². The number of nitrogens with one attached hydrogen (secondary N) is 1. The maximum Gasteiger partial charge on any atom is 0.153 e. The van der Waals surface area contributed by atoms with Gasteiger partial charge in [0, 0.05) is 30.7 Å². The van der Waals surface area contributed by atoms with E-state index in [9.17, 15) is 0 Å². The third kappa shape index (κ3) is 2.59. The molecule has 2 aromatic heterocycles. The molecule has 0 amide bonds. The minimum absolute atomic E-state index is 0.579. The second-order valence-electron chi connectivity index (χ2n) is 7.34. The van der Waals surface area contributed by atoms with Crippen LogP contribution in [0.4, 0.5) is 0 Å². The normalized spacial score (nSPS) is 25.0. The number of aromatic amines is 1. The van der Waals surface area contributed by atoms with E-state index in [1.54, 1.807) is 0 Å². The Balaban J connectivity index is 1.26. The highest BCUT2D eigenvalue weighted by molar-refractivity contribution is 5.17. The second kappa shape index (κ2) is 5.44. The van der Waals surface area contributed by atoms with Crippen molar-refractivity contribution in [3.8, 4) is 0 Å². The zero-order valence-electron chi connectivity index (χ0n) is 13.5. The van der Waals surface area contributed by atoms with Gasteiger partial charge in [-0.05, 0) is 44.9 Å². The van der Waals surface area contributed by atoms with Crippen molar-refractivity contribution >= 4 is 0 Å². The van der Waals surface area contributed by atoms with E-state index < -0.39 is 0 Å². The summed E-state index contributed by atoms with van der Waals surface area (Å²) in [6.45, 7) is 3.13. The quantitative estimate of drug-likeness (QED) is 0.940. The van der Waals surface area contributed by atoms with Crippen LogP contribution in [0.5, 0.6) is 0 Å². The fourth-order valence-electron chi connectivity index (χ4n) is 4.11. The van der Waals surface area contributed by atoms with Gasteiger partial charge in [0.2, 0.25) is 0 Å². The molecule has 5 rings (SSSR count). The van der Waals surface area contributed by atoms with E-state index >= 15 is 0 Å². The second-order valence-corrected chi connectivity index (χ2v) is 7.34.